The number of hydrogen-bond acceptors (Lipinski definition) is 5. The molecule has 0 saturated heterocycles. The molecule has 0 radical (unpaired) electrons. The summed E-state index contributed by atoms with van der Waals surface area (Å²) in [5, 5.41) is 3.34. The van der Waals surface area contributed by atoms with Crippen LogP contribution in [0.1, 0.15) is 41.5 Å². The third-order valence-corrected chi connectivity index (χ3v) is 11.5. The number of hydrogen-bond donors (Lipinski definition) is 0. The largest absolute Gasteiger partial charge is 0.416 e. The number of nitrogens with zero attached hydrogens (tertiary/aromatic N) is 3. The van der Waals surface area contributed by atoms with Gasteiger partial charge in [-0.15, -0.1) is 0 Å². The van der Waals surface area contributed by atoms with Gasteiger partial charge in [0.25, 0.3) is 0 Å². The van der Waals surface area contributed by atoms with E-state index in [9.17, 15) is 13.3 Å². The van der Waals surface area contributed by atoms with E-state index in [2.05, 4.69) is 10.0 Å². The smallest absolute Gasteiger partial charge is 0.399 e. The molecule has 0 rings (SSSR count). The molecular formula is C15H32F2N3O4PSi. The maximum atomic E-state index is 14.9. The predicted octanol–water partition coefficient (Wildman–Crippen LogP) is 6.18. The molecule has 0 saturated carbocycles. The predicted molar refractivity (Wildman–Crippen MR) is 101 cm³/mol. The number of alkyl halides is 2. The lowest BCUT2D eigenvalue weighted by Gasteiger charge is -2.38. The van der Waals surface area contributed by atoms with Gasteiger partial charge >= 0.3 is 13.3 Å². The molecule has 0 aromatic carbocycles. The van der Waals surface area contributed by atoms with Crippen molar-refractivity contribution < 1.29 is 26.8 Å². The molecule has 0 spiro atoms. The lowest BCUT2D eigenvalue weighted by Crippen LogP contribution is -2.45. The lowest BCUT2D eigenvalue weighted by atomic mass is 10.0. The van der Waals surface area contributed by atoms with Crippen LogP contribution in [0.3, 0.4) is 0 Å². The van der Waals surface area contributed by atoms with Crippen molar-refractivity contribution in [1.29, 1.82) is 0 Å². The Morgan fingerprint density at radius 2 is 1.65 bits per heavy atom. The van der Waals surface area contributed by atoms with Crippen LogP contribution in [-0.2, 0) is 18.0 Å². The van der Waals surface area contributed by atoms with Crippen molar-refractivity contribution in [3.63, 3.8) is 0 Å². The zero-order valence-electron chi connectivity index (χ0n) is 17.0. The van der Waals surface area contributed by atoms with Crippen LogP contribution in [-0.4, -0.2) is 39.8 Å². The average molecular weight is 415 g/mol. The van der Waals surface area contributed by atoms with Crippen LogP contribution in [0.25, 0.3) is 10.4 Å². The fourth-order valence-electron chi connectivity index (χ4n) is 1.88. The van der Waals surface area contributed by atoms with Crippen LogP contribution >= 0.6 is 7.60 Å². The molecule has 26 heavy (non-hydrogen) atoms. The van der Waals surface area contributed by atoms with Gasteiger partial charge in [-0.25, -0.2) is 0 Å². The summed E-state index contributed by atoms with van der Waals surface area (Å²) in [4.78, 5) is 2.66. The third kappa shape index (κ3) is 6.01. The second kappa shape index (κ2) is 9.62. The zero-order valence-corrected chi connectivity index (χ0v) is 18.8. The van der Waals surface area contributed by atoms with E-state index >= 15 is 0 Å². The van der Waals surface area contributed by atoms with Crippen LogP contribution in [0, 0.1) is 5.92 Å². The molecule has 0 aliphatic heterocycles. The van der Waals surface area contributed by atoms with Crippen molar-refractivity contribution >= 4 is 15.9 Å². The minimum absolute atomic E-state index is 0.133. The summed E-state index contributed by atoms with van der Waals surface area (Å²) in [6.07, 6.45) is 0. The highest BCUT2D eigenvalue weighted by molar-refractivity contribution is 7.55. The summed E-state index contributed by atoms with van der Waals surface area (Å²) in [6, 6.07) is -1.21. The first-order valence-electron chi connectivity index (χ1n) is 8.65. The summed E-state index contributed by atoms with van der Waals surface area (Å²) >= 11 is 0. The van der Waals surface area contributed by atoms with Crippen molar-refractivity contribution in [3.05, 3.63) is 10.4 Å². The Hall–Kier alpha value is -0.503. The van der Waals surface area contributed by atoms with Crippen LogP contribution in [0.5, 0.6) is 0 Å². The molecule has 11 heteroatoms. The molecule has 7 nitrogen and oxygen atoms in total. The molecular weight excluding hydrogens is 383 g/mol. The summed E-state index contributed by atoms with van der Waals surface area (Å²) < 4.78 is 58.0. The SMILES string of the molecule is CCOP(=O)(OCC)C(F)(F)[C@H](C)[C@@H](CO[Si](C)(C)C(C)(C)C)N=[N+]=[N-]. The van der Waals surface area contributed by atoms with Gasteiger partial charge in [-0.2, -0.15) is 8.78 Å². The van der Waals surface area contributed by atoms with Gasteiger partial charge in [0.1, 0.15) is 0 Å². The van der Waals surface area contributed by atoms with Crippen LogP contribution in [0.15, 0.2) is 5.11 Å². The van der Waals surface area contributed by atoms with Crippen molar-refractivity contribution in [2.75, 3.05) is 19.8 Å². The summed E-state index contributed by atoms with van der Waals surface area (Å²) in [5.74, 6) is -1.59. The molecule has 0 N–H and O–H groups in total. The van der Waals surface area contributed by atoms with Crippen molar-refractivity contribution in [1.82, 2.24) is 0 Å². The molecule has 154 valence electrons. The molecule has 0 unspecified atom stereocenters. The molecule has 0 aromatic rings. The number of rotatable bonds is 11. The van der Waals surface area contributed by atoms with Gasteiger partial charge in [0.2, 0.25) is 0 Å². The van der Waals surface area contributed by atoms with Gasteiger partial charge in [0.05, 0.1) is 19.3 Å². The average Bonchev–Trinajstić information content (AvgIpc) is 2.49. The first kappa shape index (κ1) is 25.5. The van der Waals surface area contributed by atoms with Crippen LogP contribution < -0.4 is 0 Å². The van der Waals surface area contributed by atoms with E-state index in [1.807, 2.05) is 33.9 Å². The van der Waals surface area contributed by atoms with Crippen molar-refractivity contribution in [3.8, 4) is 0 Å². The van der Waals surface area contributed by atoms with Gasteiger partial charge in [0.15, 0.2) is 8.32 Å². The van der Waals surface area contributed by atoms with E-state index in [-0.39, 0.29) is 24.9 Å². The molecule has 0 heterocycles. The fourth-order valence-corrected chi connectivity index (χ4v) is 4.67. The second-order valence-corrected chi connectivity index (χ2v) is 14.5. The highest BCUT2D eigenvalue weighted by Crippen LogP contribution is 2.65. The minimum Gasteiger partial charge on any atom is -0.416 e. The Balaban J connectivity index is 5.60. The quantitative estimate of drug-likeness (QED) is 0.132. The molecule has 0 amide bonds. The van der Waals surface area contributed by atoms with Crippen molar-refractivity contribution in [2.45, 2.75) is 71.4 Å². The molecule has 0 fully saturated rings. The topological polar surface area (TPSA) is 93.5 Å². The molecule has 2 atom stereocenters. The monoisotopic (exact) mass is 415 g/mol. The zero-order chi connectivity index (χ0) is 20.8. The summed E-state index contributed by atoms with van der Waals surface area (Å²) in [6.45, 7) is 13.5. The van der Waals surface area contributed by atoms with Crippen molar-refractivity contribution in [2.24, 2.45) is 11.0 Å². The van der Waals surface area contributed by atoms with E-state index in [1.165, 1.54) is 20.8 Å². The summed E-state index contributed by atoms with van der Waals surface area (Å²) in [5.41, 5.74) is 4.96. The van der Waals surface area contributed by atoms with Crippen LogP contribution in [0.4, 0.5) is 8.78 Å². The summed E-state index contributed by atoms with van der Waals surface area (Å²) in [7, 11) is -6.95. The van der Waals surface area contributed by atoms with Gasteiger partial charge < -0.3 is 13.5 Å². The van der Waals surface area contributed by atoms with E-state index < -0.39 is 33.5 Å². The van der Waals surface area contributed by atoms with E-state index in [1.54, 1.807) is 0 Å². The number of azide groups is 1. The fraction of sp³-hybridized carbons (Fsp3) is 1.00. The first-order valence-corrected chi connectivity index (χ1v) is 13.1. The van der Waals surface area contributed by atoms with Gasteiger partial charge in [-0.05, 0) is 37.5 Å². The van der Waals surface area contributed by atoms with E-state index in [0.717, 1.165) is 0 Å². The van der Waals surface area contributed by atoms with Crippen LogP contribution in [0.2, 0.25) is 18.1 Å². The molecule has 0 aliphatic carbocycles. The Morgan fingerprint density at radius 1 is 1.19 bits per heavy atom. The first-order chi connectivity index (χ1) is 11.7. The molecule has 0 bridgehead atoms. The minimum atomic E-state index is -4.71. The highest BCUT2D eigenvalue weighted by atomic mass is 31.2. The Labute approximate surface area is 156 Å². The van der Waals surface area contributed by atoms with Gasteiger partial charge in [-0.3, -0.25) is 4.57 Å². The maximum Gasteiger partial charge on any atom is 0.399 e. The number of halogens is 2. The Kier molecular flexibility index (Phi) is 9.43. The normalized spacial score (nSPS) is 16.1. The molecule has 0 aliphatic rings. The van der Waals surface area contributed by atoms with E-state index in [4.69, 9.17) is 19.0 Å². The Morgan fingerprint density at radius 3 is 2.00 bits per heavy atom. The van der Waals surface area contributed by atoms with Gasteiger partial charge in [-0.1, -0.05) is 32.8 Å². The van der Waals surface area contributed by atoms with Gasteiger partial charge in [0, 0.05) is 17.4 Å². The lowest BCUT2D eigenvalue weighted by molar-refractivity contribution is -0.0202. The highest BCUT2D eigenvalue weighted by Gasteiger charge is 2.59. The van der Waals surface area contributed by atoms with E-state index in [0.29, 0.717) is 0 Å². The third-order valence-electron chi connectivity index (χ3n) is 4.71. The molecule has 0 aromatic heterocycles. The maximum absolute atomic E-state index is 14.9. The standard InChI is InChI=1S/C15H32F2N3O4PSi/c1-9-22-25(21,23-10-2)15(16,17)12(3)13(19-20-18)11-24-26(7,8)14(4,5)6/h12-13H,9-11H2,1-8H3/t12-,13-/m1/s1. The Bertz CT molecular complexity index is 541. The second-order valence-electron chi connectivity index (χ2n) is 7.55.